The van der Waals surface area contributed by atoms with Gasteiger partial charge in [0.1, 0.15) is 0 Å². The summed E-state index contributed by atoms with van der Waals surface area (Å²) < 4.78 is 0. The van der Waals surface area contributed by atoms with E-state index in [9.17, 15) is 4.79 Å². The van der Waals surface area contributed by atoms with E-state index in [2.05, 4.69) is 10.5 Å². The Morgan fingerprint density at radius 2 is 2.00 bits per heavy atom. The quantitative estimate of drug-likeness (QED) is 0.648. The van der Waals surface area contributed by atoms with Crippen LogP contribution in [0.1, 0.15) is 18.9 Å². The molecule has 2 aromatic rings. The van der Waals surface area contributed by atoms with Crippen LogP contribution in [0.3, 0.4) is 0 Å². The molecule has 0 radical (unpaired) electrons. The molecule has 0 aliphatic heterocycles. The summed E-state index contributed by atoms with van der Waals surface area (Å²) in [4.78, 5) is 11.7. The van der Waals surface area contributed by atoms with Crippen LogP contribution in [-0.2, 0) is 11.2 Å². The van der Waals surface area contributed by atoms with Gasteiger partial charge in [-0.1, -0.05) is 49.4 Å². The fourth-order valence-electron chi connectivity index (χ4n) is 1.87. The Bertz CT molecular complexity index is 570. The molecule has 18 heavy (non-hydrogen) atoms. The molecule has 0 aromatic heterocycles. The lowest BCUT2D eigenvalue weighted by molar-refractivity contribution is -0.120. The molecule has 2 rings (SSSR count). The molecule has 2 aromatic carbocycles. The first-order chi connectivity index (χ1) is 8.81. The van der Waals surface area contributed by atoms with Gasteiger partial charge in [0.25, 0.3) is 0 Å². The Hall–Kier alpha value is -2.16. The molecular weight excluding hydrogens is 224 g/mol. The summed E-state index contributed by atoms with van der Waals surface area (Å²) in [5, 5.41) is 6.11. The topological polar surface area (TPSA) is 41.5 Å². The van der Waals surface area contributed by atoms with E-state index in [-0.39, 0.29) is 5.91 Å². The van der Waals surface area contributed by atoms with Gasteiger partial charge in [-0.2, -0.15) is 5.10 Å². The zero-order valence-corrected chi connectivity index (χ0v) is 10.4. The molecule has 3 nitrogen and oxygen atoms in total. The van der Waals surface area contributed by atoms with Gasteiger partial charge in [-0.15, -0.1) is 0 Å². The van der Waals surface area contributed by atoms with Gasteiger partial charge in [-0.05, 0) is 22.8 Å². The number of hydrazone groups is 1. The second-order valence-electron chi connectivity index (χ2n) is 4.07. The number of carbonyl (C=O) groups excluding carboxylic acids is 1. The lowest BCUT2D eigenvalue weighted by Crippen LogP contribution is -2.19. The highest BCUT2D eigenvalue weighted by molar-refractivity contribution is 5.90. The lowest BCUT2D eigenvalue weighted by Gasteiger charge is -2.05. The van der Waals surface area contributed by atoms with Gasteiger partial charge < -0.3 is 0 Å². The van der Waals surface area contributed by atoms with Gasteiger partial charge in [-0.25, -0.2) is 5.43 Å². The van der Waals surface area contributed by atoms with Crippen molar-refractivity contribution in [2.45, 2.75) is 19.8 Å². The average Bonchev–Trinajstić information content (AvgIpc) is 2.39. The van der Waals surface area contributed by atoms with Gasteiger partial charge in [0, 0.05) is 6.21 Å². The van der Waals surface area contributed by atoms with Crippen molar-refractivity contribution in [3.63, 3.8) is 0 Å². The largest absolute Gasteiger partial charge is 0.273 e. The summed E-state index contributed by atoms with van der Waals surface area (Å²) in [6.45, 7) is 1.97. The van der Waals surface area contributed by atoms with Gasteiger partial charge >= 0.3 is 0 Å². The van der Waals surface area contributed by atoms with Crippen LogP contribution in [0.15, 0.2) is 47.6 Å². The highest BCUT2D eigenvalue weighted by atomic mass is 16.2. The summed E-state index contributed by atoms with van der Waals surface area (Å²) in [5.74, 6) is -0.0870. The average molecular weight is 240 g/mol. The monoisotopic (exact) mass is 240 g/mol. The van der Waals surface area contributed by atoms with Gasteiger partial charge in [-0.3, -0.25) is 4.79 Å². The fourth-order valence-corrected chi connectivity index (χ4v) is 1.87. The van der Waals surface area contributed by atoms with Gasteiger partial charge in [0.2, 0.25) is 5.91 Å². The van der Waals surface area contributed by atoms with Crippen molar-refractivity contribution in [1.29, 1.82) is 0 Å². The van der Waals surface area contributed by atoms with Crippen LogP contribution in [0.4, 0.5) is 0 Å². The van der Waals surface area contributed by atoms with Crippen molar-refractivity contribution >= 4 is 22.9 Å². The molecule has 0 spiro atoms. The first-order valence-electron chi connectivity index (χ1n) is 6.08. The Labute approximate surface area is 107 Å². The maximum Gasteiger partial charge on any atom is 0.244 e. The third kappa shape index (κ3) is 2.94. The van der Waals surface area contributed by atoms with Crippen LogP contribution >= 0.6 is 0 Å². The van der Waals surface area contributed by atoms with Gasteiger partial charge in [0.05, 0.1) is 6.42 Å². The van der Waals surface area contributed by atoms with E-state index < -0.39 is 0 Å². The Balaban J connectivity index is 2.16. The first-order valence-corrected chi connectivity index (χ1v) is 6.08. The van der Waals surface area contributed by atoms with Crippen molar-refractivity contribution < 1.29 is 4.79 Å². The molecule has 0 saturated carbocycles. The smallest absolute Gasteiger partial charge is 0.244 e. The first kappa shape index (κ1) is 12.3. The minimum atomic E-state index is -0.0870. The number of hydrogen-bond donors (Lipinski definition) is 1. The summed E-state index contributed by atoms with van der Waals surface area (Å²) in [7, 11) is 0. The zero-order valence-electron chi connectivity index (χ0n) is 10.4. The molecule has 0 aliphatic rings. The highest BCUT2D eigenvalue weighted by Crippen LogP contribution is 2.18. The van der Waals surface area contributed by atoms with Crippen LogP contribution in [0, 0.1) is 0 Å². The summed E-state index contributed by atoms with van der Waals surface area (Å²) in [6.07, 6.45) is 2.85. The fraction of sp³-hybridized carbons (Fsp3) is 0.200. The van der Waals surface area contributed by atoms with E-state index in [1.54, 1.807) is 6.21 Å². The molecule has 1 amide bonds. The molecule has 0 atom stereocenters. The van der Waals surface area contributed by atoms with Crippen molar-refractivity contribution in [1.82, 2.24) is 5.43 Å². The maximum absolute atomic E-state index is 11.7. The number of amides is 1. The number of carbonyl (C=O) groups is 1. The molecular formula is C15H16N2O. The molecule has 1 N–H and O–H groups in total. The predicted octanol–water partition coefficient (Wildman–Crippen LogP) is 2.89. The third-order valence-electron chi connectivity index (χ3n) is 2.69. The van der Waals surface area contributed by atoms with Gasteiger partial charge in [0.15, 0.2) is 0 Å². The van der Waals surface area contributed by atoms with Crippen molar-refractivity contribution in [2.24, 2.45) is 5.10 Å². The number of nitrogens with one attached hydrogen (secondary N) is 1. The van der Waals surface area contributed by atoms with Crippen LogP contribution in [-0.4, -0.2) is 12.1 Å². The molecule has 0 unspecified atom stereocenters. The molecule has 3 heteroatoms. The normalized spacial score (nSPS) is 10.9. The second kappa shape index (κ2) is 5.96. The van der Waals surface area contributed by atoms with Crippen LogP contribution in [0.2, 0.25) is 0 Å². The number of hydrogen-bond acceptors (Lipinski definition) is 2. The summed E-state index contributed by atoms with van der Waals surface area (Å²) in [6, 6.07) is 14.1. The zero-order chi connectivity index (χ0) is 12.8. The number of rotatable bonds is 4. The van der Waals surface area contributed by atoms with Crippen LogP contribution < -0.4 is 5.43 Å². The molecule has 0 aliphatic carbocycles. The molecule has 0 bridgehead atoms. The van der Waals surface area contributed by atoms with E-state index in [1.807, 2.05) is 49.4 Å². The molecule has 0 fully saturated rings. The molecule has 0 heterocycles. The van der Waals surface area contributed by atoms with Crippen molar-refractivity contribution in [2.75, 3.05) is 0 Å². The number of nitrogens with zero attached hydrogens (tertiary/aromatic N) is 1. The van der Waals surface area contributed by atoms with E-state index in [0.717, 1.165) is 22.8 Å². The third-order valence-corrected chi connectivity index (χ3v) is 2.69. The minimum absolute atomic E-state index is 0.0870. The van der Waals surface area contributed by atoms with Crippen LogP contribution in [0.25, 0.3) is 10.8 Å². The summed E-state index contributed by atoms with van der Waals surface area (Å²) in [5.41, 5.74) is 3.55. The van der Waals surface area contributed by atoms with E-state index in [1.165, 1.54) is 0 Å². The highest BCUT2D eigenvalue weighted by Gasteiger charge is 2.05. The number of benzene rings is 2. The molecule has 92 valence electrons. The minimum Gasteiger partial charge on any atom is -0.273 e. The van der Waals surface area contributed by atoms with Crippen molar-refractivity contribution in [3.05, 3.63) is 48.0 Å². The standard InChI is InChI=1S/C15H16N2O/c1-2-10-16-17-15(18)11-13-8-5-7-12-6-3-4-9-14(12)13/h3-10H,2,11H2,1H3,(H,17,18)/b16-10+. The van der Waals surface area contributed by atoms with Crippen LogP contribution in [0.5, 0.6) is 0 Å². The Morgan fingerprint density at radius 3 is 2.83 bits per heavy atom. The lowest BCUT2D eigenvalue weighted by atomic mass is 10.0. The van der Waals surface area contributed by atoms with E-state index >= 15 is 0 Å². The molecule has 0 saturated heterocycles. The SMILES string of the molecule is CC/C=N/NC(=O)Cc1cccc2ccccc12. The van der Waals surface area contributed by atoms with E-state index in [0.29, 0.717) is 6.42 Å². The Morgan fingerprint density at radius 1 is 1.22 bits per heavy atom. The summed E-state index contributed by atoms with van der Waals surface area (Å²) >= 11 is 0. The van der Waals surface area contributed by atoms with Crippen molar-refractivity contribution in [3.8, 4) is 0 Å². The maximum atomic E-state index is 11.7. The van der Waals surface area contributed by atoms with E-state index in [4.69, 9.17) is 0 Å². The second-order valence-corrected chi connectivity index (χ2v) is 4.07. The predicted molar refractivity (Wildman–Crippen MR) is 74.6 cm³/mol. The Kier molecular flexibility index (Phi) is 4.07. The number of fused-ring (bicyclic) bond motifs is 1.